The molecule has 0 spiro atoms. The molecular weight excluding hydrogens is 687 g/mol. The second-order valence-corrected chi connectivity index (χ2v) is 15.1. The van der Waals surface area contributed by atoms with Crippen LogP contribution in [-0.4, -0.2) is 0 Å². The quantitative estimate of drug-likeness (QED) is 0.170. The number of anilines is 3. The molecule has 0 amide bonds. The first-order chi connectivity index (χ1) is 27.3. The standard InChI is InChI=1S/C52H33NOS/c1-3-14-34(15-4-1)37-30-38(35-16-5-2-6-17-35)32-40(31-37)53(39-28-29-50-47(33-39)43-21-9-10-27-49(43)54-50)48-26-13-25-46-45-24-12-23-44(51(45)55-52(46)48)42-22-11-19-36-18-7-8-20-41(36)42/h1-33H. The van der Waals surface area contributed by atoms with Crippen LogP contribution < -0.4 is 4.90 Å². The highest BCUT2D eigenvalue weighted by atomic mass is 32.1. The van der Waals surface area contributed by atoms with Crippen molar-refractivity contribution in [2.24, 2.45) is 0 Å². The molecule has 0 radical (unpaired) electrons. The van der Waals surface area contributed by atoms with Crippen molar-refractivity contribution in [1.82, 2.24) is 0 Å². The summed E-state index contributed by atoms with van der Waals surface area (Å²) in [5, 5.41) is 7.25. The molecule has 258 valence electrons. The molecule has 9 aromatic carbocycles. The smallest absolute Gasteiger partial charge is 0.135 e. The maximum atomic E-state index is 6.33. The third-order valence-corrected chi connectivity index (χ3v) is 12.1. The lowest BCUT2D eigenvalue weighted by atomic mass is 9.96. The number of para-hydroxylation sites is 1. The van der Waals surface area contributed by atoms with E-state index in [1.165, 1.54) is 64.3 Å². The molecule has 2 aromatic heterocycles. The Kier molecular flexibility index (Phi) is 7.39. The van der Waals surface area contributed by atoms with Gasteiger partial charge in [-0.25, -0.2) is 0 Å². The van der Waals surface area contributed by atoms with Crippen LogP contribution in [0, 0.1) is 0 Å². The van der Waals surface area contributed by atoms with Crippen LogP contribution >= 0.6 is 11.3 Å². The Labute approximate surface area is 322 Å². The van der Waals surface area contributed by atoms with Crippen molar-refractivity contribution < 1.29 is 4.42 Å². The normalized spacial score (nSPS) is 11.6. The van der Waals surface area contributed by atoms with Crippen LogP contribution in [0.3, 0.4) is 0 Å². The third-order valence-electron chi connectivity index (χ3n) is 10.8. The molecule has 0 saturated heterocycles. The summed E-state index contributed by atoms with van der Waals surface area (Å²) < 4.78 is 8.87. The summed E-state index contributed by atoms with van der Waals surface area (Å²) in [6.45, 7) is 0. The van der Waals surface area contributed by atoms with Gasteiger partial charge in [0.25, 0.3) is 0 Å². The molecule has 0 saturated carbocycles. The van der Waals surface area contributed by atoms with Gasteiger partial charge in [0.15, 0.2) is 0 Å². The average Bonchev–Trinajstić information content (AvgIpc) is 3.83. The first kappa shape index (κ1) is 31.6. The van der Waals surface area contributed by atoms with Crippen LogP contribution in [0.4, 0.5) is 17.1 Å². The summed E-state index contributed by atoms with van der Waals surface area (Å²) >= 11 is 1.88. The maximum absolute atomic E-state index is 6.33. The van der Waals surface area contributed by atoms with E-state index < -0.39 is 0 Å². The number of furan rings is 1. The van der Waals surface area contributed by atoms with E-state index in [9.17, 15) is 0 Å². The molecule has 0 unspecified atom stereocenters. The minimum Gasteiger partial charge on any atom is -0.456 e. The van der Waals surface area contributed by atoms with Crippen LogP contribution in [0.1, 0.15) is 0 Å². The maximum Gasteiger partial charge on any atom is 0.135 e. The zero-order valence-electron chi connectivity index (χ0n) is 29.8. The van der Waals surface area contributed by atoms with Gasteiger partial charge >= 0.3 is 0 Å². The van der Waals surface area contributed by atoms with Crippen molar-refractivity contribution in [2.45, 2.75) is 0 Å². The number of hydrogen-bond acceptors (Lipinski definition) is 3. The van der Waals surface area contributed by atoms with Gasteiger partial charge in [0.2, 0.25) is 0 Å². The van der Waals surface area contributed by atoms with E-state index in [1.54, 1.807) is 0 Å². The molecule has 0 aliphatic carbocycles. The average molecular weight is 720 g/mol. The highest BCUT2D eigenvalue weighted by molar-refractivity contribution is 7.27. The minimum atomic E-state index is 0.882. The van der Waals surface area contributed by atoms with Gasteiger partial charge in [-0.15, -0.1) is 11.3 Å². The molecule has 2 heterocycles. The lowest BCUT2D eigenvalue weighted by molar-refractivity contribution is 0.669. The van der Waals surface area contributed by atoms with Gasteiger partial charge in [0, 0.05) is 43.2 Å². The molecule has 0 bridgehead atoms. The van der Waals surface area contributed by atoms with E-state index in [0.29, 0.717) is 0 Å². The summed E-state index contributed by atoms with van der Waals surface area (Å²) in [6, 6.07) is 72.3. The summed E-state index contributed by atoms with van der Waals surface area (Å²) in [5.74, 6) is 0. The van der Waals surface area contributed by atoms with E-state index >= 15 is 0 Å². The lowest BCUT2D eigenvalue weighted by Crippen LogP contribution is -2.10. The minimum absolute atomic E-state index is 0.882. The SMILES string of the molecule is c1ccc(-c2cc(-c3ccccc3)cc(N(c3ccc4oc5ccccc5c4c3)c3cccc4c3sc3c(-c5cccc6ccccc56)cccc34)c2)cc1. The molecule has 11 rings (SSSR count). The number of hydrogen-bond donors (Lipinski definition) is 0. The van der Waals surface area contributed by atoms with Crippen molar-refractivity contribution in [3.05, 3.63) is 200 Å². The summed E-state index contributed by atoms with van der Waals surface area (Å²) in [6.07, 6.45) is 0. The molecule has 11 aromatic rings. The van der Waals surface area contributed by atoms with Gasteiger partial charge in [-0.05, 0) is 87.1 Å². The number of fused-ring (bicyclic) bond motifs is 7. The van der Waals surface area contributed by atoms with E-state index in [0.717, 1.165) is 39.0 Å². The fraction of sp³-hybridized carbons (Fsp3) is 0. The first-order valence-corrected chi connectivity index (χ1v) is 19.5. The predicted octanol–water partition coefficient (Wildman–Crippen LogP) is 15.6. The highest BCUT2D eigenvalue weighted by Crippen LogP contribution is 2.49. The molecule has 0 fully saturated rings. The molecule has 3 heteroatoms. The molecule has 0 N–H and O–H groups in total. The van der Waals surface area contributed by atoms with Gasteiger partial charge in [0.05, 0.1) is 10.4 Å². The van der Waals surface area contributed by atoms with Crippen molar-refractivity contribution in [3.8, 4) is 33.4 Å². The Hall–Kier alpha value is -6.94. The van der Waals surface area contributed by atoms with E-state index in [1.807, 2.05) is 23.5 Å². The Balaban J connectivity index is 1.20. The van der Waals surface area contributed by atoms with E-state index in [2.05, 4.69) is 193 Å². The topological polar surface area (TPSA) is 16.4 Å². The second-order valence-electron chi connectivity index (χ2n) is 14.1. The fourth-order valence-electron chi connectivity index (χ4n) is 8.27. The van der Waals surface area contributed by atoms with Crippen LogP contribution in [0.5, 0.6) is 0 Å². The van der Waals surface area contributed by atoms with Crippen LogP contribution in [0.2, 0.25) is 0 Å². The molecule has 0 atom stereocenters. The Morgan fingerprint density at radius 3 is 1.71 bits per heavy atom. The van der Waals surface area contributed by atoms with Gasteiger partial charge in [-0.1, -0.05) is 152 Å². The molecule has 0 aliphatic heterocycles. The molecular formula is C52H33NOS. The summed E-state index contributed by atoms with van der Waals surface area (Å²) in [4.78, 5) is 2.45. The summed E-state index contributed by atoms with van der Waals surface area (Å²) in [7, 11) is 0. The van der Waals surface area contributed by atoms with Crippen molar-refractivity contribution in [3.63, 3.8) is 0 Å². The number of benzene rings is 9. The molecule has 55 heavy (non-hydrogen) atoms. The predicted molar refractivity (Wildman–Crippen MR) is 235 cm³/mol. The van der Waals surface area contributed by atoms with E-state index in [-0.39, 0.29) is 0 Å². The number of rotatable bonds is 6. The zero-order chi connectivity index (χ0) is 36.3. The van der Waals surface area contributed by atoms with Crippen molar-refractivity contribution >= 4 is 81.3 Å². The number of nitrogens with zero attached hydrogens (tertiary/aromatic N) is 1. The van der Waals surface area contributed by atoms with Crippen LogP contribution in [-0.2, 0) is 0 Å². The highest BCUT2D eigenvalue weighted by Gasteiger charge is 2.22. The van der Waals surface area contributed by atoms with Crippen molar-refractivity contribution in [2.75, 3.05) is 4.90 Å². The monoisotopic (exact) mass is 719 g/mol. The molecule has 2 nitrogen and oxygen atoms in total. The van der Waals surface area contributed by atoms with Gasteiger partial charge in [0.1, 0.15) is 11.2 Å². The van der Waals surface area contributed by atoms with Gasteiger partial charge in [-0.3, -0.25) is 0 Å². The molecule has 0 aliphatic rings. The summed E-state index contributed by atoms with van der Waals surface area (Å²) in [5.41, 5.74) is 12.3. The van der Waals surface area contributed by atoms with Crippen LogP contribution in [0.15, 0.2) is 205 Å². The van der Waals surface area contributed by atoms with Gasteiger partial charge < -0.3 is 9.32 Å². The Morgan fingerprint density at radius 2 is 0.927 bits per heavy atom. The number of thiophene rings is 1. The Bertz CT molecular complexity index is 3150. The first-order valence-electron chi connectivity index (χ1n) is 18.7. The zero-order valence-corrected chi connectivity index (χ0v) is 30.6. The van der Waals surface area contributed by atoms with Gasteiger partial charge in [-0.2, -0.15) is 0 Å². The largest absolute Gasteiger partial charge is 0.456 e. The van der Waals surface area contributed by atoms with Crippen molar-refractivity contribution in [1.29, 1.82) is 0 Å². The fourth-order valence-corrected chi connectivity index (χ4v) is 9.60. The van der Waals surface area contributed by atoms with E-state index in [4.69, 9.17) is 4.42 Å². The third kappa shape index (κ3) is 5.32. The second kappa shape index (κ2) is 12.9. The van der Waals surface area contributed by atoms with Crippen LogP contribution in [0.25, 0.3) is 86.3 Å². The lowest BCUT2D eigenvalue weighted by Gasteiger charge is -2.27. The Morgan fingerprint density at radius 1 is 0.345 bits per heavy atom.